The third-order valence-corrected chi connectivity index (χ3v) is 5.80. The number of carbonyl (C=O) groups excluding carboxylic acids is 2. The molecule has 1 aliphatic carbocycles. The first-order valence-electron chi connectivity index (χ1n) is 9.34. The van der Waals surface area contributed by atoms with E-state index in [1.165, 1.54) is 11.0 Å². The van der Waals surface area contributed by atoms with Gasteiger partial charge in [-0.15, -0.1) is 5.10 Å². The van der Waals surface area contributed by atoms with Crippen molar-refractivity contribution in [3.05, 3.63) is 82.3 Å². The largest absolute Gasteiger partial charge is 0.338 e. The molecule has 1 spiro atoms. The molecule has 2 heterocycles. The van der Waals surface area contributed by atoms with E-state index in [4.69, 9.17) is 16.3 Å². The first kappa shape index (κ1) is 19.9. The number of halogens is 2. The number of hydrogen-bond acceptors (Lipinski definition) is 5. The average Bonchev–Trinajstić information content (AvgIpc) is 3.33. The number of aromatic nitrogens is 3. The van der Waals surface area contributed by atoms with Crippen molar-refractivity contribution in [2.24, 2.45) is 0 Å². The third-order valence-electron chi connectivity index (χ3n) is 4.94. The van der Waals surface area contributed by atoms with Gasteiger partial charge in [0.25, 0.3) is 5.91 Å². The number of hydrogen-bond donors (Lipinski definition) is 0. The van der Waals surface area contributed by atoms with Gasteiger partial charge in [0.2, 0.25) is 5.95 Å². The smallest absolute Gasteiger partial charge is 0.258 e. The number of ketones is 1. The van der Waals surface area contributed by atoms with Crippen molar-refractivity contribution >= 4 is 45.2 Å². The maximum absolute atomic E-state index is 13.0. The molecule has 1 unspecified atom stereocenters. The van der Waals surface area contributed by atoms with Gasteiger partial charge in [-0.3, -0.25) is 9.59 Å². The number of benzene rings is 2. The van der Waals surface area contributed by atoms with E-state index in [9.17, 15) is 9.59 Å². The highest BCUT2D eigenvalue weighted by Gasteiger charge is 2.49. The quantitative estimate of drug-likeness (QED) is 0.545. The van der Waals surface area contributed by atoms with Gasteiger partial charge in [-0.2, -0.15) is 9.67 Å². The van der Waals surface area contributed by atoms with Crippen LogP contribution in [0.1, 0.15) is 0 Å². The lowest BCUT2D eigenvalue weighted by Gasteiger charge is -2.32. The number of rotatable bonds is 3. The van der Waals surface area contributed by atoms with Gasteiger partial charge < -0.3 is 4.74 Å². The Morgan fingerprint density at radius 3 is 2.65 bits per heavy atom. The molecule has 0 saturated carbocycles. The van der Waals surface area contributed by atoms with Crippen molar-refractivity contribution in [3.8, 4) is 17.1 Å². The minimum Gasteiger partial charge on any atom is -0.338 e. The Hall–Kier alpha value is -3.07. The average molecular weight is 498 g/mol. The number of allylic oxidation sites excluding steroid dienone is 2. The van der Waals surface area contributed by atoms with Crippen molar-refractivity contribution in [3.63, 3.8) is 0 Å². The molecule has 31 heavy (non-hydrogen) atoms. The Balaban J connectivity index is 1.71. The molecule has 1 fully saturated rings. The highest BCUT2D eigenvalue weighted by atomic mass is 79.9. The second-order valence-corrected chi connectivity index (χ2v) is 8.24. The van der Waals surface area contributed by atoms with Gasteiger partial charge >= 0.3 is 0 Å². The SMILES string of the molecule is O=C1C=CC2(C=C1Br)OCC(=O)N2c1nc(-c2cccc(Cl)c2)nn1-c1ccccc1. The van der Waals surface area contributed by atoms with E-state index in [2.05, 4.69) is 26.0 Å². The monoisotopic (exact) mass is 496 g/mol. The van der Waals surface area contributed by atoms with Gasteiger partial charge in [0, 0.05) is 10.6 Å². The fraction of sp³-hybridized carbons (Fsp3) is 0.0909. The van der Waals surface area contributed by atoms with Gasteiger partial charge in [-0.25, -0.2) is 4.90 Å². The molecule has 2 aliphatic rings. The number of para-hydroxylation sites is 1. The highest BCUT2D eigenvalue weighted by Crippen LogP contribution is 2.38. The van der Waals surface area contributed by atoms with Gasteiger partial charge in [0.05, 0.1) is 10.2 Å². The van der Waals surface area contributed by atoms with Crippen molar-refractivity contribution in [1.29, 1.82) is 0 Å². The summed E-state index contributed by atoms with van der Waals surface area (Å²) in [6.07, 6.45) is 4.48. The molecule has 154 valence electrons. The number of anilines is 1. The lowest BCUT2D eigenvalue weighted by atomic mass is 10.1. The van der Waals surface area contributed by atoms with Crippen LogP contribution >= 0.6 is 27.5 Å². The van der Waals surface area contributed by atoms with Crippen molar-refractivity contribution in [1.82, 2.24) is 14.8 Å². The third kappa shape index (κ3) is 3.42. The zero-order chi connectivity index (χ0) is 21.6. The molecule has 1 atom stereocenters. The van der Waals surface area contributed by atoms with E-state index in [1.807, 2.05) is 42.5 Å². The Labute approximate surface area is 190 Å². The van der Waals surface area contributed by atoms with Crippen LogP contribution in [0.2, 0.25) is 5.02 Å². The summed E-state index contributed by atoms with van der Waals surface area (Å²) in [5.74, 6) is 0.143. The molecule has 7 nitrogen and oxygen atoms in total. The van der Waals surface area contributed by atoms with Gasteiger partial charge in [0.15, 0.2) is 17.3 Å². The Morgan fingerprint density at radius 1 is 1.10 bits per heavy atom. The molecule has 1 amide bonds. The van der Waals surface area contributed by atoms with Gasteiger partial charge in [-0.1, -0.05) is 41.9 Å². The summed E-state index contributed by atoms with van der Waals surface area (Å²) in [5.41, 5.74) is 0.137. The summed E-state index contributed by atoms with van der Waals surface area (Å²) in [7, 11) is 0. The van der Waals surface area contributed by atoms with Crippen LogP contribution in [-0.2, 0) is 14.3 Å². The van der Waals surface area contributed by atoms with E-state index in [-0.39, 0.29) is 24.2 Å². The fourth-order valence-corrected chi connectivity index (χ4v) is 4.16. The number of amides is 1. The van der Waals surface area contributed by atoms with Crippen LogP contribution < -0.4 is 4.90 Å². The zero-order valence-electron chi connectivity index (χ0n) is 15.9. The van der Waals surface area contributed by atoms with E-state index in [0.717, 1.165) is 0 Å². The summed E-state index contributed by atoms with van der Waals surface area (Å²) < 4.78 is 7.71. The normalized spacial score (nSPS) is 20.6. The van der Waals surface area contributed by atoms with Crippen molar-refractivity contribution in [2.75, 3.05) is 11.5 Å². The van der Waals surface area contributed by atoms with Crippen LogP contribution in [0, 0.1) is 0 Å². The summed E-state index contributed by atoms with van der Waals surface area (Å²) in [6.45, 7) is -0.163. The molecular formula is C22H14BrClN4O3. The second kappa shape index (κ2) is 7.56. The molecule has 1 aliphatic heterocycles. The zero-order valence-corrected chi connectivity index (χ0v) is 18.2. The van der Waals surface area contributed by atoms with E-state index in [0.29, 0.717) is 26.6 Å². The lowest BCUT2D eigenvalue weighted by molar-refractivity contribution is -0.117. The molecule has 1 saturated heterocycles. The molecular weight excluding hydrogens is 484 g/mol. The molecule has 5 rings (SSSR count). The Kier molecular flexibility index (Phi) is 4.85. The first-order chi connectivity index (χ1) is 15.0. The molecule has 0 radical (unpaired) electrons. The Bertz CT molecular complexity index is 1270. The van der Waals surface area contributed by atoms with E-state index >= 15 is 0 Å². The maximum Gasteiger partial charge on any atom is 0.258 e. The van der Waals surface area contributed by atoms with E-state index < -0.39 is 5.72 Å². The second-order valence-electron chi connectivity index (χ2n) is 6.95. The van der Waals surface area contributed by atoms with Crippen LogP contribution in [0.5, 0.6) is 0 Å². The predicted molar refractivity (Wildman–Crippen MR) is 119 cm³/mol. The number of carbonyl (C=O) groups is 2. The standard InChI is InChI=1S/C22H14BrClN4O3/c23-17-12-22(10-9-18(17)29)27(19(30)13-31-22)21-25-20(14-5-4-6-15(24)11-14)26-28(21)16-7-2-1-3-8-16/h1-12H,13H2. The topological polar surface area (TPSA) is 77.3 Å². The lowest BCUT2D eigenvalue weighted by Crippen LogP contribution is -2.46. The summed E-state index contributed by atoms with van der Waals surface area (Å²) in [5, 5.41) is 5.21. The predicted octanol–water partition coefficient (Wildman–Crippen LogP) is 4.06. The first-order valence-corrected chi connectivity index (χ1v) is 10.5. The maximum atomic E-state index is 13.0. The molecule has 3 aromatic rings. The fourth-order valence-electron chi connectivity index (χ4n) is 3.51. The van der Waals surface area contributed by atoms with Crippen molar-refractivity contribution in [2.45, 2.75) is 5.72 Å². The van der Waals surface area contributed by atoms with Crippen LogP contribution in [0.15, 0.2) is 77.3 Å². The van der Waals surface area contributed by atoms with Gasteiger partial charge in [0.1, 0.15) is 6.61 Å². The van der Waals surface area contributed by atoms with Crippen molar-refractivity contribution < 1.29 is 14.3 Å². The summed E-state index contributed by atoms with van der Waals surface area (Å²) in [6, 6.07) is 16.5. The molecule has 2 aromatic carbocycles. The Morgan fingerprint density at radius 2 is 1.90 bits per heavy atom. The van der Waals surface area contributed by atoms with Crippen LogP contribution in [-0.4, -0.2) is 38.8 Å². The van der Waals surface area contributed by atoms with Gasteiger partial charge in [-0.05, 0) is 58.4 Å². The minimum atomic E-state index is -1.28. The number of nitrogens with zero attached hydrogens (tertiary/aromatic N) is 4. The highest BCUT2D eigenvalue weighted by molar-refractivity contribution is 9.12. The molecule has 1 aromatic heterocycles. The summed E-state index contributed by atoms with van der Waals surface area (Å²) in [4.78, 5) is 31.0. The molecule has 0 N–H and O–H groups in total. The molecule has 0 bridgehead atoms. The summed E-state index contributed by atoms with van der Waals surface area (Å²) >= 11 is 9.41. The van der Waals surface area contributed by atoms with Crippen LogP contribution in [0.3, 0.4) is 0 Å². The van der Waals surface area contributed by atoms with Crippen LogP contribution in [0.4, 0.5) is 5.95 Å². The minimum absolute atomic E-state index is 0.163. The number of ether oxygens (including phenoxy) is 1. The van der Waals surface area contributed by atoms with Crippen LogP contribution in [0.25, 0.3) is 17.1 Å². The van der Waals surface area contributed by atoms with E-state index in [1.54, 1.807) is 29.0 Å². The molecule has 9 heteroatoms.